The van der Waals surface area contributed by atoms with Gasteiger partial charge < -0.3 is 9.84 Å². The molecule has 2 nitrogen and oxygen atoms in total. The second kappa shape index (κ2) is 4.52. The third kappa shape index (κ3) is 1.97. The molecule has 16 heavy (non-hydrogen) atoms. The summed E-state index contributed by atoms with van der Waals surface area (Å²) < 4.78 is 18.9. The van der Waals surface area contributed by atoms with Gasteiger partial charge in [-0.2, -0.15) is 0 Å². The fourth-order valence-corrected chi connectivity index (χ4v) is 2.25. The predicted molar refractivity (Wildman–Crippen MR) is 59.7 cm³/mol. The fourth-order valence-electron chi connectivity index (χ4n) is 2.25. The number of rotatable bonds is 4. The van der Waals surface area contributed by atoms with Crippen molar-refractivity contribution in [3.8, 4) is 0 Å². The molecule has 2 rings (SSSR count). The molecular weight excluding hydrogens is 207 g/mol. The van der Waals surface area contributed by atoms with E-state index in [-0.39, 0.29) is 12.4 Å². The van der Waals surface area contributed by atoms with Gasteiger partial charge in [-0.15, -0.1) is 0 Å². The Balaban J connectivity index is 2.18. The number of fused-ring (bicyclic) bond motifs is 1. The molecular formula is C13H17FO2. The quantitative estimate of drug-likeness (QED) is 0.796. The van der Waals surface area contributed by atoms with Crippen LogP contribution in [0.4, 0.5) is 4.39 Å². The van der Waals surface area contributed by atoms with Crippen molar-refractivity contribution in [2.75, 3.05) is 13.2 Å². The van der Waals surface area contributed by atoms with Crippen LogP contribution in [0.25, 0.3) is 0 Å². The lowest BCUT2D eigenvalue weighted by Gasteiger charge is -2.23. The Morgan fingerprint density at radius 3 is 3.06 bits per heavy atom. The van der Waals surface area contributed by atoms with Gasteiger partial charge in [0.2, 0.25) is 0 Å². The zero-order valence-electron chi connectivity index (χ0n) is 9.50. The zero-order chi connectivity index (χ0) is 11.6. The normalized spacial score (nSPS) is 23.4. The van der Waals surface area contributed by atoms with Gasteiger partial charge in [0.05, 0.1) is 6.61 Å². The van der Waals surface area contributed by atoms with Crippen molar-refractivity contribution in [1.29, 1.82) is 0 Å². The SMILES string of the molecule is CCCOCC1(O)CCc2c(F)cccc21. The lowest BCUT2D eigenvalue weighted by Crippen LogP contribution is -2.29. The highest BCUT2D eigenvalue weighted by Crippen LogP contribution is 2.38. The Bertz CT molecular complexity index is 378. The number of benzene rings is 1. The summed E-state index contributed by atoms with van der Waals surface area (Å²) in [5.74, 6) is -0.219. The molecule has 1 aliphatic carbocycles. The van der Waals surface area contributed by atoms with E-state index in [4.69, 9.17) is 4.74 Å². The second-order valence-electron chi connectivity index (χ2n) is 4.35. The molecule has 0 heterocycles. The molecule has 1 atom stereocenters. The Morgan fingerprint density at radius 2 is 2.31 bits per heavy atom. The lowest BCUT2D eigenvalue weighted by atomic mass is 9.97. The van der Waals surface area contributed by atoms with Crippen LogP contribution in [-0.4, -0.2) is 18.3 Å². The van der Waals surface area contributed by atoms with Gasteiger partial charge in [0.25, 0.3) is 0 Å². The van der Waals surface area contributed by atoms with Crippen molar-refractivity contribution in [1.82, 2.24) is 0 Å². The lowest BCUT2D eigenvalue weighted by molar-refractivity contribution is -0.0493. The first-order chi connectivity index (χ1) is 7.67. The first-order valence-electron chi connectivity index (χ1n) is 5.75. The van der Waals surface area contributed by atoms with E-state index in [0.29, 0.717) is 30.6 Å². The molecule has 0 aliphatic heterocycles. The largest absolute Gasteiger partial charge is 0.383 e. The van der Waals surface area contributed by atoms with Crippen LogP contribution < -0.4 is 0 Å². The van der Waals surface area contributed by atoms with Crippen LogP contribution in [0.3, 0.4) is 0 Å². The summed E-state index contributed by atoms with van der Waals surface area (Å²) in [5.41, 5.74) is 0.348. The van der Waals surface area contributed by atoms with Gasteiger partial charge in [-0.1, -0.05) is 19.1 Å². The van der Waals surface area contributed by atoms with E-state index in [1.165, 1.54) is 6.07 Å². The van der Waals surface area contributed by atoms with E-state index in [0.717, 1.165) is 6.42 Å². The number of hydrogen-bond donors (Lipinski definition) is 1. The molecule has 0 bridgehead atoms. The maximum absolute atomic E-state index is 13.5. The number of halogens is 1. The monoisotopic (exact) mass is 224 g/mol. The van der Waals surface area contributed by atoms with Gasteiger partial charge in [-0.3, -0.25) is 0 Å². The second-order valence-corrected chi connectivity index (χ2v) is 4.35. The minimum atomic E-state index is -0.993. The molecule has 3 heteroatoms. The van der Waals surface area contributed by atoms with E-state index < -0.39 is 5.60 Å². The van der Waals surface area contributed by atoms with Gasteiger partial charge in [-0.05, 0) is 36.5 Å². The number of ether oxygens (including phenoxy) is 1. The molecule has 0 saturated heterocycles. The predicted octanol–water partition coefficient (Wildman–Crippen LogP) is 2.39. The maximum Gasteiger partial charge on any atom is 0.126 e. The first kappa shape index (κ1) is 11.6. The van der Waals surface area contributed by atoms with E-state index in [1.807, 2.05) is 6.92 Å². The summed E-state index contributed by atoms with van der Waals surface area (Å²) in [5, 5.41) is 10.4. The highest BCUT2D eigenvalue weighted by atomic mass is 19.1. The van der Waals surface area contributed by atoms with Crippen LogP contribution in [-0.2, 0) is 16.8 Å². The van der Waals surface area contributed by atoms with Crippen LogP contribution >= 0.6 is 0 Å². The summed E-state index contributed by atoms with van der Waals surface area (Å²) in [7, 11) is 0. The smallest absolute Gasteiger partial charge is 0.126 e. The van der Waals surface area contributed by atoms with Crippen LogP contribution in [0.15, 0.2) is 18.2 Å². The van der Waals surface area contributed by atoms with E-state index in [2.05, 4.69) is 0 Å². The van der Waals surface area contributed by atoms with Crippen LogP contribution in [0.1, 0.15) is 30.9 Å². The fraction of sp³-hybridized carbons (Fsp3) is 0.538. The molecule has 88 valence electrons. The van der Waals surface area contributed by atoms with Crippen molar-refractivity contribution in [3.05, 3.63) is 35.1 Å². The molecule has 1 aromatic carbocycles. The summed E-state index contributed by atoms with van der Waals surface area (Å²) in [6.07, 6.45) is 2.06. The van der Waals surface area contributed by atoms with Gasteiger partial charge >= 0.3 is 0 Å². The van der Waals surface area contributed by atoms with E-state index in [9.17, 15) is 9.50 Å². The highest BCUT2D eigenvalue weighted by molar-refractivity contribution is 5.38. The number of hydrogen-bond acceptors (Lipinski definition) is 2. The Hall–Kier alpha value is -0.930. The van der Waals surface area contributed by atoms with Crippen LogP contribution in [0.2, 0.25) is 0 Å². The Labute approximate surface area is 95.1 Å². The average Bonchev–Trinajstić information content (AvgIpc) is 2.59. The molecule has 1 aromatic rings. The third-order valence-corrected chi connectivity index (χ3v) is 3.10. The summed E-state index contributed by atoms with van der Waals surface area (Å²) in [6, 6.07) is 4.88. The minimum absolute atomic E-state index is 0.219. The van der Waals surface area contributed by atoms with Gasteiger partial charge in [-0.25, -0.2) is 4.39 Å². The van der Waals surface area contributed by atoms with Crippen molar-refractivity contribution in [2.24, 2.45) is 0 Å². The van der Waals surface area contributed by atoms with Gasteiger partial charge in [0.1, 0.15) is 11.4 Å². The van der Waals surface area contributed by atoms with Crippen LogP contribution in [0, 0.1) is 5.82 Å². The summed E-state index contributed by atoms with van der Waals surface area (Å²) in [4.78, 5) is 0. The third-order valence-electron chi connectivity index (χ3n) is 3.10. The van der Waals surface area contributed by atoms with Crippen molar-refractivity contribution in [2.45, 2.75) is 31.8 Å². The summed E-state index contributed by atoms with van der Waals surface area (Å²) in [6.45, 7) is 2.91. The molecule has 0 aromatic heterocycles. The van der Waals surface area contributed by atoms with E-state index in [1.54, 1.807) is 12.1 Å². The standard InChI is InChI=1S/C13H17FO2/c1-2-8-16-9-13(15)7-6-10-11(13)4-3-5-12(10)14/h3-5,15H,2,6-9H2,1H3. The Kier molecular flexibility index (Phi) is 3.26. The zero-order valence-corrected chi connectivity index (χ0v) is 9.50. The molecule has 1 unspecified atom stereocenters. The van der Waals surface area contributed by atoms with Crippen molar-refractivity contribution < 1.29 is 14.2 Å². The van der Waals surface area contributed by atoms with Crippen LogP contribution in [0.5, 0.6) is 0 Å². The topological polar surface area (TPSA) is 29.5 Å². The Morgan fingerprint density at radius 1 is 1.50 bits per heavy atom. The molecule has 1 aliphatic rings. The molecule has 0 spiro atoms. The highest BCUT2D eigenvalue weighted by Gasteiger charge is 2.38. The van der Waals surface area contributed by atoms with Gasteiger partial charge in [0.15, 0.2) is 0 Å². The molecule has 0 amide bonds. The van der Waals surface area contributed by atoms with Crippen molar-refractivity contribution >= 4 is 0 Å². The molecule has 0 fully saturated rings. The minimum Gasteiger partial charge on any atom is -0.383 e. The average molecular weight is 224 g/mol. The molecule has 1 N–H and O–H groups in total. The van der Waals surface area contributed by atoms with E-state index >= 15 is 0 Å². The maximum atomic E-state index is 13.5. The number of aliphatic hydroxyl groups is 1. The van der Waals surface area contributed by atoms with Crippen molar-refractivity contribution in [3.63, 3.8) is 0 Å². The van der Waals surface area contributed by atoms with Gasteiger partial charge in [0, 0.05) is 6.61 Å². The molecule has 0 saturated carbocycles. The first-order valence-corrected chi connectivity index (χ1v) is 5.75. The molecule has 0 radical (unpaired) electrons. The summed E-state index contributed by atoms with van der Waals surface area (Å²) >= 11 is 0.